The number of fused-ring (bicyclic) bond motifs is 1. The van der Waals surface area contributed by atoms with Gasteiger partial charge in [0.1, 0.15) is 24.3 Å². The van der Waals surface area contributed by atoms with Crippen molar-refractivity contribution in [1.82, 2.24) is 14.9 Å². The minimum Gasteiger partial charge on any atom is -0.373 e. The lowest BCUT2D eigenvalue weighted by Crippen LogP contribution is -2.45. The molecule has 1 aromatic heterocycles. The number of hydrogen-bond acceptors (Lipinski definition) is 8. The lowest BCUT2D eigenvalue weighted by Gasteiger charge is -2.35. The van der Waals surface area contributed by atoms with E-state index in [4.69, 9.17) is 4.79 Å². The molecule has 0 bridgehead atoms. The van der Waals surface area contributed by atoms with Gasteiger partial charge >= 0.3 is 6.18 Å². The molecule has 0 atom stereocenters. The van der Waals surface area contributed by atoms with Crippen LogP contribution in [0.1, 0.15) is 23.6 Å². The standard InChI is InChI=1S/C23H27F3N4.C5H7N3.C2H4O/c1-16-4-6-21-18(14-16)8-9-30(21)17(2)27-19-5-7-22(20(15-19)23(24,25)26)29-12-10-28(3)11-13-29;1-6-5-2-3-7-4-8-5;1-2-3/h4-7,14-15,27H,2,8-13H2,1,3H3;2-4H,1H3,(H,6,7,8);2H,1H3. The first-order valence-electron chi connectivity index (χ1n) is 13.4. The summed E-state index contributed by atoms with van der Waals surface area (Å²) in [5.41, 5.74) is 3.52. The third kappa shape index (κ3) is 8.68. The van der Waals surface area contributed by atoms with Crippen molar-refractivity contribution >= 4 is 29.2 Å². The third-order valence-electron chi connectivity index (χ3n) is 6.73. The van der Waals surface area contributed by atoms with Crippen LogP contribution in [0.2, 0.25) is 0 Å². The number of carbonyl (C=O) groups excluding carboxylic acids is 1. The van der Waals surface area contributed by atoms with E-state index in [1.165, 1.54) is 30.4 Å². The van der Waals surface area contributed by atoms with Gasteiger partial charge in [-0.25, -0.2) is 9.97 Å². The predicted octanol–water partition coefficient (Wildman–Crippen LogP) is 5.43. The van der Waals surface area contributed by atoms with Crippen molar-refractivity contribution < 1.29 is 18.0 Å². The van der Waals surface area contributed by atoms with E-state index in [2.05, 4.69) is 45.1 Å². The van der Waals surface area contributed by atoms with E-state index in [1.54, 1.807) is 24.4 Å². The molecule has 0 amide bonds. The summed E-state index contributed by atoms with van der Waals surface area (Å²) in [7, 11) is 3.81. The lowest BCUT2D eigenvalue weighted by atomic mass is 10.1. The average molecular weight is 570 g/mol. The molecular formula is C30H38F3N7O. The summed E-state index contributed by atoms with van der Waals surface area (Å²) in [5, 5.41) is 5.97. The van der Waals surface area contributed by atoms with E-state index in [1.807, 2.05) is 36.0 Å². The van der Waals surface area contributed by atoms with Crippen LogP contribution in [0.25, 0.3) is 0 Å². The number of aryl methyl sites for hydroxylation is 1. The van der Waals surface area contributed by atoms with Gasteiger partial charge in [-0.1, -0.05) is 24.3 Å². The first-order chi connectivity index (χ1) is 19.6. The SMILES string of the molecule is C=C(Nc1ccc(N2CCN(C)CC2)c(C(F)(F)F)c1)N1CCc2cc(C)ccc21.CC=O.CNc1ccncn1. The second kappa shape index (κ2) is 14.5. The lowest BCUT2D eigenvalue weighted by molar-refractivity contribution is -0.137. The summed E-state index contributed by atoms with van der Waals surface area (Å²) in [4.78, 5) is 22.4. The molecule has 2 N–H and O–H groups in total. The van der Waals surface area contributed by atoms with Crippen molar-refractivity contribution in [3.8, 4) is 0 Å². The number of nitrogens with one attached hydrogen (secondary N) is 2. The molecule has 0 radical (unpaired) electrons. The molecule has 3 aromatic rings. The van der Waals surface area contributed by atoms with Gasteiger partial charge in [0, 0.05) is 63.0 Å². The highest BCUT2D eigenvalue weighted by Crippen LogP contribution is 2.39. The van der Waals surface area contributed by atoms with Crippen molar-refractivity contribution in [3.05, 3.63) is 84.1 Å². The largest absolute Gasteiger partial charge is 0.418 e. The van der Waals surface area contributed by atoms with Gasteiger partial charge in [-0.2, -0.15) is 13.2 Å². The average Bonchev–Trinajstić information content (AvgIpc) is 3.37. The number of aldehydes is 1. The van der Waals surface area contributed by atoms with Gasteiger partial charge in [0.05, 0.1) is 5.56 Å². The van der Waals surface area contributed by atoms with Crippen LogP contribution in [0.3, 0.4) is 0 Å². The Labute approximate surface area is 239 Å². The molecule has 2 aliphatic rings. The highest BCUT2D eigenvalue weighted by atomic mass is 19.4. The Bertz CT molecular complexity index is 1290. The number of hydrogen-bond donors (Lipinski definition) is 2. The van der Waals surface area contributed by atoms with Gasteiger partial charge in [-0.15, -0.1) is 0 Å². The fourth-order valence-electron chi connectivity index (χ4n) is 4.65. The first kappa shape index (κ1) is 31.4. The molecule has 0 saturated carbocycles. The Balaban J connectivity index is 0.000000354. The van der Waals surface area contributed by atoms with E-state index < -0.39 is 11.7 Å². The first-order valence-corrected chi connectivity index (χ1v) is 13.4. The minimum absolute atomic E-state index is 0.244. The van der Waals surface area contributed by atoms with Crippen LogP contribution in [0.5, 0.6) is 0 Å². The van der Waals surface area contributed by atoms with Gasteiger partial charge in [0.15, 0.2) is 0 Å². The number of benzene rings is 2. The molecule has 8 nitrogen and oxygen atoms in total. The van der Waals surface area contributed by atoms with Gasteiger partial charge in [0.25, 0.3) is 0 Å². The maximum Gasteiger partial charge on any atom is 0.418 e. The predicted molar refractivity (Wildman–Crippen MR) is 159 cm³/mol. The second-order valence-electron chi connectivity index (χ2n) is 9.71. The molecule has 1 fully saturated rings. The fourth-order valence-corrected chi connectivity index (χ4v) is 4.65. The Morgan fingerprint density at radius 1 is 1.02 bits per heavy atom. The normalized spacial score (nSPS) is 14.6. The third-order valence-corrected chi connectivity index (χ3v) is 6.73. The number of rotatable bonds is 5. The summed E-state index contributed by atoms with van der Waals surface area (Å²) < 4.78 is 41.5. The van der Waals surface area contributed by atoms with Crippen LogP contribution in [-0.2, 0) is 17.4 Å². The number of likely N-dealkylation sites (N-methyl/N-ethyl adjacent to an activating group) is 1. The Morgan fingerprint density at radius 3 is 2.29 bits per heavy atom. The number of anilines is 4. The number of nitrogens with zero attached hydrogens (tertiary/aromatic N) is 5. The maximum atomic E-state index is 13.8. The minimum atomic E-state index is -4.42. The van der Waals surface area contributed by atoms with Crippen LogP contribution < -0.4 is 20.4 Å². The van der Waals surface area contributed by atoms with E-state index >= 15 is 0 Å². The van der Waals surface area contributed by atoms with Gasteiger partial charge in [-0.05, 0) is 63.2 Å². The summed E-state index contributed by atoms with van der Waals surface area (Å²) in [6, 6.07) is 12.5. The van der Waals surface area contributed by atoms with Crippen LogP contribution >= 0.6 is 0 Å². The van der Waals surface area contributed by atoms with Gasteiger partial charge in [0.2, 0.25) is 0 Å². The van der Waals surface area contributed by atoms with E-state index in [0.717, 1.165) is 43.8 Å². The molecule has 2 aliphatic heterocycles. The van der Waals surface area contributed by atoms with Crippen LogP contribution in [0.4, 0.5) is 36.1 Å². The van der Waals surface area contributed by atoms with E-state index in [0.29, 0.717) is 24.6 Å². The van der Waals surface area contributed by atoms with Crippen molar-refractivity contribution in [2.24, 2.45) is 0 Å². The van der Waals surface area contributed by atoms with Crippen LogP contribution in [-0.4, -0.2) is 68.0 Å². The zero-order valence-electron chi connectivity index (χ0n) is 24.0. The number of halogens is 3. The van der Waals surface area contributed by atoms with E-state index in [-0.39, 0.29) is 5.69 Å². The molecule has 1 saturated heterocycles. The Kier molecular flexibility index (Phi) is 11.1. The zero-order chi connectivity index (χ0) is 30.0. The molecule has 0 unspecified atom stereocenters. The van der Waals surface area contributed by atoms with E-state index in [9.17, 15) is 13.2 Å². The van der Waals surface area contributed by atoms with Crippen molar-refractivity contribution in [1.29, 1.82) is 0 Å². The van der Waals surface area contributed by atoms with Gasteiger partial charge < -0.3 is 30.1 Å². The Morgan fingerprint density at radius 2 is 1.71 bits per heavy atom. The molecular weight excluding hydrogens is 531 g/mol. The summed E-state index contributed by atoms with van der Waals surface area (Å²) in [6.45, 7) is 11.0. The van der Waals surface area contributed by atoms with Gasteiger partial charge in [-0.3, -0.25) is 0 Å². The molecule has 220 valence electrons. The van der Waals surface area contributed by atoms with Crippen molar-refractivity contribution in [2.45, 2.75) is 26.4 Å². The molecule has 11 heteroatoms. The van der Waals surface area contributed by atoms with Crippen molar-refractivity contribution in [2.75, 3.05) is 67.3 Å². The molecule has 0 spiro atoms. The molecule has 5 rings (SSSR count). The quantitative estimate of drug-likeness (QED) is 0.394. The zero-order valence-corrected chi connectivity index (χ0v) is 24.0. The van der Waals surface area contributed by atoms with Crippen molar-refractivity contribution in [3.63, 3.8) is 0 Å². The monoisotopic (exact) mass is 569 g/mol. The topological polar surface area (TPSA) is 76.6 Å². The maximum absolute atomic E-state index is 13.8. The van der Waals surface area contributed by atoms with Crippen LogP contribution in [0.15, 0.2) is 67.4 Å². The summed E-state index contributed by atoms with van der Waals surface area (Å²) in [5.74, 6) is 1.43. The second-order valence-corrected chi connectivity index (χ2v) is 9.71. The number of carbonyl (C=O) groups is 1. The smallest absolute Gasteiger partial charge is 0.373 e. The molecule has 41 heavy (non-hydrogen) atoms. The molecule has 2 aromatic carbocycles. The number of aromatic nitrogens is 2. The highest BCUT2D eigenvalue weighted by molar-refractivity contribution is 5.68. The summed E-state index contributed by atoms with van der Waals surface area (Å²) in [6.07, 6.45) is 0.425. The molecule has 0 aliphatic carbocycles. The van der Waals surface area contributed by atoms with Crippen LogP contribution in [0, 0.1) is 6.92 Å². The summed E-state index contributed by atoms with van der Waals surface area (Å²) >= 11 is 0. The highest BCUT2D eigenvalue weighted by Gasteiger charge is 2.36. The fraction of sp³-hybridized carbons (Fsp3) is 0.367. The number of piperazine rings is 1. The number of alkyl halides is 3. The molecule has 3 heterocycles. The Hall–Kier alpha value is -4.12.